The molecule has 24 heavy (non-hydrogen) atoms. The Kier molecular flexibility index (Phi) is 5.93. The first-order valence-corrected chi connectivity index (χ1v) is 11.9. The predicted molar refractivity (Wildman–Crippen MR) is 101 cm³/mol. The van der Waals surface area contributed by atoms with Crippen molar-refractivity contribution in [1.82, 2.24) is 4.90 Å². The molecular formula is C17H22BrNO3S2. The number of hydrogen-bond acceptors (Lipinski definition) is 4. The molecule has 1 heterocycles. The standard InChI is InChI=1S/C17H22BrNO3S2/c18-13-5-7-16(8-6-13)23-11-17(20)19(14-3-1-2-4-14)15-9-10-24(21,22)12-15/h5-8,14-15H,1-4,9-12H2/t15-/m0/s1. The minimum Gasteiger partial charge on any atom is -0.335 e. The van der Waals surface area contributed by atoms with Gasteiger partial charge in [-0.2, -0.15) is 0 Å². The maximum Gasteiger partial charge on any atom is 0.233 e. The molecule has 0 unspecified atom stereocenters. The van der Waals surface area contributed by atoms with Gasteiger partial charge in [-0.25, -0.2) is 8.42 Å². The number of carbonyl (C=O) groups is 1. The molecule has 0 bridgehead atoms. The molecule has 7 heteroatoms. The van der Waals surface area contributed by atoms with Gasteiger partial charge in [0.25, 0.3) is 0 Å². The summed E-state index contributed by atoms with van der Waals surface area (Å²) in [5.74, 6) is 0.804. The highest BCUT2D eigenvalue weighted by molar-refractivity contribution is 9.10. The van der Waals surface area contributed by atoms with Gasteiger partial charge in [0.2, 0.25) is 5.91 Å². The number of thioether (sulfide) groups is 1. The number of amides is 1. The smallest absolute Gasteiger partial charge is 0.233 e. The molecule has 2 aliphatic rings. The largest absolute Gasteiger partial charge is 0.335 e. The summed E-state index contributed by atoms with van der Waals surface area (Å²) >= 11 is 4.93. The first kappa shape index (κ1) is 18.3. The van der Waals surface area contributed by atoms with Crippen molar-refractivity contribution >= 4 is 43.4 Å². The van der Waals surface area contributed by atoms with Crippen molar-refractivity contribution in [1.29, 1.82) is 0 Å². The Labute approximate surface area is 156 Å². The van der Waals surface area contributed by atoms with E-state index in [0.29, 0.717) is 12.2 Å². The van der Waals surface area contributed by atoms with Crippen molar-refractivity contribution in [2.75, 3.05) is 17.3 Å². The first-order valence-electron chi connectivity index (χ1n) is 8.34. The van der Waals surface area contributed by atoms with Gasteiger partial charge in [-0.1, -0.05) is 28.8 Å². The molecule has 1 saturated heterocycles. The van der Waals surface area contributed by atoms with E-state index in [-0.39, 0.29) is 29.5 Å². The molecule has 0 aromatic heterocycles. The van der Waals surface area contributed by atoms with Crippen molar-refractivity contribution in [3.63, 3.8) is 0 Å². The molecule has 0 spiro atoms. The fourth-order valence-electron chi connectivity index (χ4n) is 3.63. The lowest BCUT2D eigenvalue weighted by atomic mass is 10.1. The van der Waals surface area contributed by atoms with Crippen LogP contribution in [-0.4, -0.2) is 48.6 Å². The number of halogens is 1. The van der Waals surface area contributed by atoms with Crippen LogP contribution in [0.15, 0.2) is 33.6 Å². The number of carbonyl (C=O) groups excluding carboxylic acids is 1. The van der Waals surface area contributed by atoms with Crippen LogP contribution in [0.2, 0.25) is 0 Å². The fourth-order valence-corrected chi connectivity index (χ4v) is 6.38. The SMILES string of the molecule is O=C(CSc1ccc(Br)cc1)N(C1CCCC1)[C@H]1CCS(=O)(=O)C1. The fraction of sp³-hybridized carbons (Fsp3) is 0.588. The molecule has 1 atom stereocenters. The monoisotopic (exact) mass is 431 g/mol. The summed E-state index contributed by atoms with van der Waals surface area (Å²) in [5.41, 5.74) is 0. The van der Waals surface area contributed by atoms with Gasteiger partial charge >= 0.3 is 0 Å². The Morgan fingerprint density at radius 2 is 1.79 bits per heavy atom. The van der Waals surface area contributed by atoms with Gasteiger partial charge in [-0.3, -0.25) is 4.79 Å². The van der Waals surface area contributed by atoms with Crippen molar-refractivity contribution in [2.24, 2.45) is 0 Å². The molecule has 4 nitrogen and oxygen atoms in total. The Bertz CT molecular complexity index is 684. The Morgan fingerprint density at radius 3 is 2.38 bits per heavy atom. The molecule has 0 N–H and O–H groups in total. The van der Waals surface area contributed by atoms with Crippen LogP contribution in [-0.2, 0) is 14.6 Å². The molecule has 3 rings (SSSR count). The summed E-state index contributed by atoms with van der Waals surface area (Å²) in [6.45, 7) is 0. The highest BCUT2D eigenvalue weighted by atomic mass is 79.9. The maximum absolute atomic E-state index is 12.9. The van der Waals surface area contributed by atoms with E-state index in [1.807, 2.05) is 29.2 Å². The molecule has 2 fully saturated rings. The summed E-state index contributed by atoms with van der Waals surface area (Å²) in [5, 5.41) is 0. The lowest BCUT2D eigenvalue weighted by molar-refractivity contribution is -0.132. The zero-order valence-corrected chi connectivity index (χ0v) is 16.7. The Hall–Kier alpha value is -0.530. The number of nitrogens with zero attached hydrogens (tertiary/aromatic N) is 1. The van der Waals surface area contributed by atoms with Gasteiger partial charge in [0.05, 0.1) is 17.3 Å². The van der Waals surface area contributed by atoms with Crippen LogP contribution in [0.1, 0.15) is 32.1 Å². The summed E-state index contributed by atoms with van der Waals surface area (Å²) in [6, 6.07) is 8.00. The average Bonchev–Trinajstić information content (AvgIpc) is 3.17. The lowest BCUT2D eigenvalue weighted by Crippen LogP contribution is -2.47. The highest BCUT2D eigenvalue weighted by Crippen LogP contribution is 2.30. The number of benzene rings is 1. The van der Waals surface area contributed by atoms with Crippen LogP contribution in [0.5, 0.6) is 0 Å². The van der Waals surface area contributed by atoms with Crippen molar-refractivity contribution in [3.05, 3.63) is 28.7 Å². The van der Waals surface area contributed by atoms with E-state index in [1.165, 1.54) is 11.8 Å². The van der Waals surface area contributed by atoms with E-state index in [4.69, 9.17) is 0 Å². The van der Waals surface area contributed by atoms with Crippen LogP contribution >= 0.6 is 27.7 Å². The minimum atomic E-state index is -2.98. The third-order valence-electron chi connectivity index (χ3n) is 4.78. The van der Waals surface area contributed by atoms with Crippen molar-refractivity contribution in [2.45, 2.75) is 49.1 Å². The van der Waals surface area contributed by atoms with Gasteiger partial charge < -0.3 is 4.90 Å². The molecule has 1 aromatic carbocycles. The summed E-state index contributed by atoms with van der Waals surface area (Å²) in [4.78, 5) is 15.8. The highest BCUT2D eigenvalue weighted by Gasteiger charge is 2.38. The van der Waals surface area contributed by atoms with E-state index < -0.39 is 9.84 Å². The van der Waals surface area contributed by atoms with E-state index >= 15 is 0 Å². The van der Waals surface area contributed by atoms with Crippen molar-refractivity contribution in [3.8, 4) is 0 Å². The van der Waals surface area contributed by atoms with E-state index in [2.05, 4.69) is 15.9 Å². The quantitative estimate of drug-likeness (QED) is 0.669. The van der Waals surface area contributed by atoms with Crippen LogP contribution in [0.25, 0.3) is 0 Å². The van der Waals surface area contributed by atoms with E-state index in [1.54, 1.807) is 0 Å². The van der Waals surface area contributed by atoms with Gasteiger partial charge in [-0.05, 0) is 43.5 Å². The van der Waals surface area contributed by atoms with Crippen LogP contribution in [0.3, 0.4) is 0 Å². The molecule has 1 aliphatic carbocycles. The zero-order chi connectivity index (χ0) is 17.2. The van der Waals surface area contributed by atoms with Crippen LogP contribution < -0.4 is 0 Å². The first-order chi connectivity index (χ1) is 11.4. The topological polar surface area (TPSA) is 54.5 Å². The van der Waals surface area contributed by atoms with Crippen molar-refractivity contribution < 1.29 is 13.2 Å². The number of hydrogen-bond donors (Lipinski definition) is 0. The average molecular weight is 432 g/mol. The van der Waals surface area contributed by atoms with Gasteiger partial charge in [0.15, 0.2) is 9.84 Å². The summed E-state index contributed by atoms with van der Waals surface area (Å²) in [6.07, 6.45) is 4.87. The molecule has 1 aromatic rings. The van der Waals surface area contributed by atoms with Gasteiger partial charge in [0.1, 0.15) is 0 Å². The summed E-state index contributed by atoms with van der Waals surface area (Å²) in [7, 11) is -2.98. The van der Waals surface area contributed by atoms with Gasteiger partial charge in [-0.15, -0.1) is 11.8 Å². The third kappa shape index (κ3) is 4.55. The molecule has 1 aliphatic heterocycles. The third-order valence-corrected chi connectivity index (χ3v) is 8.06. The second-order valence-corrected chi connectivity index (χ2v) is 10.7. The number of sulfone groups is 1. The molecular weight excluding hydrogens is 410 g/mol. The molecule has 0 radical (unpaired) electrons. The molecule has 1 saturated carbocycles. The summed E-state index contributed by atoms with van der Waals surface area (Å²) < 4.78 is 24.7. The second-order valence-electron chi connectivity index (χ2n) is 6.54. The zero-order valence-electron chi connectivity index (χ0n) is 13.5. The lowest BCUT2D eigenvalue weighted by Gasteiger charge is -2.34. The molecule has 132 valence electrons. The van der Waals surface area contributed by atoms with Gasteiger partial charge in [0, 0.05) is 21.5 Å². The normalized spacial score (nSPS) is 23.5. The minimum absolute atomic E-state index is 0.0805. The Morgan fingerprint density at radius 1 is 1.12 bits per heavy atom. The predicted octanol–water partition coefficient (Wildman–Crippen LogP) is 3.50. The number of rotatable bonds is 5. The Balaban J connectivity index is 1.67. The van der Waals surface area contributed by atoms with Crippen LogP contribution in [0.4, 0.5) is 0 Å². The van der Waals surface area contributed by atoms with Crippen LogP contribution in [0, 0.1) is 0 Å². The van der Waals surface area contributed by atoms with E-state index in [9.17, 15) is 13.2 Å². The second kappa shape index (κ2) is 7.79. The van der Waals surface area contributed by atoms with E-state index in [0.717, 1.165) is 35.1 Å². The maximum atomic E-state index is 12.9. The molecule has 1 amide bonds.